The van der Waals surface area contributed by atoms with Crippen molar-refractivity contribution in [3.05, 3.63) is 67.8 Å². The molecule has 1 fully saturated rings. The van der Waals surface area contributed by atoms with Crippen LogP contribution in [0.1, 0.15) is 58.3 Å². The highest BCUT2D eigenvalue weighted by atomic mass is 35.5. The summed E-state index contributed by atoms with van der Waals surface area (Å²) in [4.78, 5) is 55.0. The van der Waals surface area contributed by atoms with Gasteiger partial charge in [0, 0.05) is 12.0 Å². The minimum absolute atomic E-state index is 0.0264. The van der Waals surface area contributed by atoms with Crippen LogP contribution in [0.25, 0.3) is 11.5 Å². The summed E-state index contributed by atoms with van der Waals surface area (Å²) >= 11 is 6.69. The van der Waals surface area contributed by atoms with Crippen molar-refractivity contribution in [1.82, 2.24) is 0 Å². The second-order valence-corrected chi connectivity index (χ2v) is 11.9. The molecule has 2 aromatic carbocycles. The van der Waals surface area contributed by atoms with E-state index in [-0.39, 0.29) is 29.5 Å². The van der Waals surface area contributed by atoms with Crippen LogP contribution >= 0.6 is 11.6 Å². The Labute approximate surface area is 252 Å². The number of aliphatic hydroxyl groups is 3. The van der Waals surface area contributed by atoms with Crippen molar-refractivity contribution in [1.29, 1.82) is 0 Å². The Kier molecular flexibility index (Phi) is 5.50. The molecule has 1 aliphatic heterocycles. The van der Waals surface area contributed by atoms with Gasteiger partial charge in [-0.05, 0) is 37.5 Å². The predicted octanol–water partition coefficient (Wildman–Crippen LogP) is 3.07. The Morgan fingerprint density at radius 1 is 1.00 bits per heavy atom. The highest BCUT2D eigenvalue weighted by Gasteiger charge is 2.64. The molecule has 12 nitrogen and oxygen atoms in total. The summed E-state index contributed by atoms with van der Waals surface area (Å²) in [5, 5.41) is 66.1. The topological polar surface area (TPSA) is 208 Å². The standard InChI is InChI=1S/C31H23ClO12/c1-9-7-30-8-10-16(15(9)23(37)21(30)24(38)17-11(33)3-4-12(34)18(17)28(30)41)27-19(26(40)22(10)32)25(39)20-13(35)5-6-14(36)31(20,44-27)29(42)43-2/h3-4,7,14-15,33-34,36,38-40H,5-6,8H2,1-2H3/t14-,15-,30-,31+/m0/s1. The normalized spacial score (nSPS) is 28.3. The summed E-state index contributed by atoms with van der Waals surface area (Å²) in [5.74, 6) is -9.06. The molecule has 0 aromatic heterocycles. The molecule has 1 saturated carbocycles. The number of hydrogen-bond donors (Lipinski definition) is 6. The van der Waals surface area contributed by atoms with E-state index in [2.05, 4.69) is 0 Å². The SMILES string of the molecule is COC(=O)[C@]12Oc3c(c(O)c(Cl)c4c3[C@H]3C(=O)C5=C(O)c6c(O)ccc(O)c6C(=O)[C@@]5(C=C3C)C4)C(O)=C1C(=O)CC[C@@H]2O. The van der Waals surface area contributed by atoms with Crippen LogP contribution in [0.5, 0.6) is 23.0 Å². The average molecular weight is 623 g/mol. The van der Waals surface area contributed by atoms with Gasteiger partial charge >= 0.3 is 5.97 Å². The lowest BCUT2D eigenvalue weighted by atomic mass is 9.61. The Bertz CT molecular complexity index is 1930. The van der Waals surface area contributed by atoms with Crippen LogP contribution in [0.3, 0.4) is 0 Å². The van der Waals surface area contributed by atoms with E-state index in [1.54, 1.807) is 0 Å². The summed E-state index contributed by atoms with van der Waals surface area (Å²) in [6, 6.07) is 2.12. The van der Waals surface area contributed by atoms with Crippen molar-refractivity contribution in [2.45, 2.75) is 43.8 Å². The fourth-order valence-corrected chi connectivity index (χ4v) is 7.81. The summed E-state index contributed by atoms with van der Waals surface area (Å²) in [5.41, 5.74) is -6.82. The second kappa shape index (κ2) is 8.64. The average Bonchev–Trinajstić information content (AvgIpc) is 3.19. The third kappa shape index (κ3) is 2.96. The van der Waals surface area contributed by atoms with Gasteiger partial charge in [-0.2, -0.15) is 0 Å². The van der Waals surface area contributed by atoms with E-state index in [0.717, 1.165) is 19.2 Å². The molecule has 44 heavy (non-hydrogen) atoms. The number of ketones is 3. The molecular weight excluding hydrogens is 600 g/mol. The number of benzene rings is 2. The van der Waals surface area contributed by atoms with Gasteiger partial charge in [-0.3, -0.25) is 14.4 Å². The number of ether oxygens (including phenoxy) is 2. The maximum absolute atomic E-state index is 14.4. The zero-order valence-corrected chi connectivity index (χ0v) is 23.8. The fourth-order valence-electron chi connectivity index (χ4n) is 7.55. The summed E-state index contributed by atoms with van der Waals surface area (Å²) < 4.78 is 11.1. The fraction of sp³-hybridized carbons (Fsp3) is 0.290. The number of halogens is 1. The number of esters is 1. The van der Waals surface area contributed by atoms with Gasteiger partial charge in [0.05, 0.1) is 45.7 Å². The Hall–Kier alpha value is -4.81. The number of fused-ring (bicyclic) bond motifs is 3. The van der Waals surface area contributed by atoms with Crippen LogP contribution in [0.2, 0.25) is 5.02 Å². The lowest BCUT2D eigenvalue weighted by Gasteiger charge is -2.44. The molecule has 0 radical (unpaired) electrons. The molecule has 2 bridgehead atoms. The van der Waals surface area contributed by atoms with Crippen LogP contribution in [0.4, 0.5) is 0 Å². The predicted molar refractivity (Wildman–Crippen MR) is 150 cm³/mol. The molecule has 2 aromatic rings. The Morgan fingerprint density at radius 3 is 2.30 bits per heavy atom. The number of phenolic OH excluding ortho intramolecular Hbond substituents is 3. The lowest BCUT2D eigenvalue weighted by Crippen LogP contribution is -2.61. The van der Waals surface area contributed by atoms with Crippen molar-refractivity contribution < 1.29 is 59.3 Å². The molecule has 8 rings (SSSR count). The number of rotatable bonds is 1. The molecule has 0 amide bonds. The zero-order valence-electron chi connectivity index (χ0n) is 23.0. The minimum atomic E-state index is -2.57. The molecule has 0 unspecified atom stereocenters. The van der Waals surface area contributed by atoms with Gasteiger partial charge in [0.15, 0.2) is 17.3 Å². The first kappa shape index (κ1) is 28.0. The van der Waals surface area contributed by atoms with Crippen LogP contribution in [-0.2, 0) is 25.5 Å². The molecule has 0 saturated heterocycles. The third-order valence-corrected chi connectivity index (χ3v) is 9.80. The molecule has 1 spiro atoms. The number of Topliss-reactive ketones (excluding diaryl/α,β-unsaturated/α-hetero) is 3. The van der Waals surface area contributed by atoms with E-state index in [9.17, 15) is 49.8 Å². The third-order valence-electron chi connectivity index (χ3n) is 9.39. The molecule has 13 heteroatoms. The monoisotopic (exact) mass is 622 g/mol. The molecular formula is C31H23ClO12. The van der Waals surface area contributed by atoms with E-state index in [1.807, 2.05) is 0 Å². The summed E-state index contributed by atoms with van der Waals surface area (Å²) in [7, 11) is 0.988. The Morgan fingerprint density at radius 2 is 1.64 bits per heavy atom. The molecule has 5 aliphatic carbocycles. The van der Waals surface area contributed by atoms with Gasteiger partial charge < -0.3 is 40.1 Å². The van der Waals surface area contributed by atoms with Crippen molar-refractivity contribution in [2.24, 2.45) is 5.41 Å². The summed E-state index contributed by atoms with van der Waals surface area (Å²) in [6.45, 7) is 1.52. The van der Waals surface area contributed by atoms with Crippen molar-refractivity contribution in [2.75, 3.05) is 7.11 Å². The number of carbonyl (C=O) groups is 4. The summed E-state index contributed by atoms with van der Waals surface area (Å²) in [6.07, 6.45) is -1.25. The zero-order chi connectivity index (χ0) is 31.8. The number of allylic oxidation sites excluding steroid dienone is 3. The van der Waals surface area contributed by atoms with Crippen LogP contribution in [-0.4, -0.2) is 72.8 Å². The highest BCUT2D eigenvalue weighted by Crippen LogP contribution is 2.63. The first-order valence-corrected chi connectivity index (χ1v) is 13.9. The van der Waals surface area contributed by atoms with Crippen LogP contribution in [0.15, 0.2) is 34.9 Å². The quantitative estimate of drug-likeness (QED) is 0.154. The molecule has 4 atom stereocenters. The number of aliphatic hydroxyl groups excluding tert-OH is 3. The van der Waals surface area contributed by atoms with Gasteiger partial charge in [-0.1, -0.05) is 23.3 Å². The molecule has 226 valence electrons. The van der Waals surface area contributed by atoms with E-state index < -0.39 is 120 Å². The van der Waals surface area contributed by atoms with E-state index in [0.29, 0.717) is 0 Å². The lowest BCUT2D eigenvalue weighted by molar-refractivity contribution is -0.169. The first-order valence-electron chi connectivity index (χ1n) is 13.5. The highest BCUT2D eigenvalue weighted by molar-refractivity contribution is 6.34. The van der Waals surface area contributed by atoms with Gasteiger partial charge in [-0.15, -0.1) is 0 Å². The molecule has 1 heterocycles. The molecule has 6 aliphatic rings. The van der Waals surface area contributed by atoms with E-state index in [4.69, 9.17) is 21.1 Å². The first-order chi connectivity index (χ1) is 20.7. The number of aromatic hydroxyl groups is 3. The smallest absolute Gasteiger partial charge is 0.358 e. The largest absolute Gasteiger partial charge is 0.507 e. The van der Waals surface area contributed by atoms with Crippen molar-refractivity contribution in [3.63, 3.8) is 0 Å². The number of methoxy groups -OCH3 is 1. The maximum atomic E-state index is 14.4. The molecule has 6 N–H and O–H groups in total. The van der Waals surface area contributed by atoms with Crippen LogP contribution < -0.4 is 4.74 Å². The van der Waals surface area contributed by atoms with Gasteiger partial charge in [-0.25, -0.2) is 4.79 Å². The maximum Gasteiger partial charge on any atom is 0.358 e. The number of hydrogen-bond acceptors (Lipinski definition) is 12. The van der Waals surface area contributed by atoms with E-state index in [1.165, 1.54) is 13.0 Å². The second-order valence-electron chi connectivity index (χ2n) is 11.5. The van der Waals surface area contributed by atoms with Crippen molar-refractivity contribution in [3.8, 4) is 23.0 Å². The van der Waals surface area contributed by atoms with Gasteiger partial charge in [0.1, 0.15) is 46.2 Å². The van der Waals surface area contributed by atoms with E-state index >= 15 is 0 Å². The van der Waals surface area contributed by atoms with Gasteiger partial charge in [0.25, 0.3) is 5.60 Å². The Balaban J connectivity index is 1.60. The van der Waals surface area contributed by atoms with Crippen LogP contribution in [0, 0.1) is 5.41 Å². The number of phenols is 3. The van der Waals surface area contributed by atoms with Crippen molar-refractivity contribution >= 4 is 46.4 Å². The van der Waals surface area contributed by atoms with Gasteiger partial charge in [0.2, 0.25) is 0 Å². The number of carbonyl (C=O) groups excluding carboxylic acids is 4. The minimum Gasteiger partial charge on any atom is -0.507 e.